The number of para-hydroxylation sites is 1. The zero-order valence-corrected chi connectivity index (χ0v) is 11.7. The van der Waals surface area contributed by atoms with Crippen molar-refractivity contribution in [3.63, 3.8) is 0 Å². The molecule has 3 rings (SSSR count). The quantitative estimate of drug-likeness (QED) is 0.792. The molecule has 110 valence electrons. The Morgan fingerprint density at radius 3 is 2.55 bits per heavy atom. The van der Waals surface area contributed by atoms with Gasteiger partial charge in [-0.05, 0) is 18.2 Å². The Kier molecular flexibility index (Phi) is 3.53. The first-order valence-electron chi connectivity index (χ1n) is 6.45. The van der Waals surface area contributed by atoms with E-state index < -0.39 is 5.97 Å². The Balaban J connectivity index is 2.14. The van der Waals surface area contributed by atoms with E-state index in [1.54, 1.807) is 18.3 Å². The van der Waals surface area contributed by atoms with Crippen LogP contribution in [0.2, 0.25) is 0 Å². The van der Waals surface area contributed by atoms with E-state index >= 15 is 0 Å². The first kappa shape index (κ1) is 13.7. The van der Waals surface area contributed by atoms with Gasteiger partial charge in [-0.25, -0.2) is 19.4 Å². The van der Waals surface area contributed by atoms with Crippen LogP contribution in [0.3, 0.4) is 0 Å². The number of hydrogen-bond acceptors (Lipinski definition) is 5. The first-order valence-corrected chi connectivity index (χ1v) is 6.45. The zero-order chi connectivity index (χ0) is 15.5. The van der Waals surface area contributed by atoms with Crippen LogP contribution >= 0.6 is 0 Å². The summed E-state index contributed by atoms with van der Waals surface area (Å²) in [6.45, 7) is 0. The molecule has 0 aliphatic carbocycles. The zero-order valence-electron chi connectivity index (χ0n) is 11.7. The van der Waals surface area contributed by atoms with E-state index in [1.165, 1.54) is 11.8 Å². The molecule has 0 fully saturated rings. The minimum absolute atomic E-state index is 0.269. The van der Waals surface area contributed by atoms with Gasteiger partial charge in [-0.15, -0.1) is 5.10 Å². The maximum absolute atomic E-state index is 11.2. The summed E-state index contributed by atoms with van der Waals surface area (Å²) in [6.07, 6.45) is 1.56. The van der Waals surface area contributed by atoms with Gasteiger partial charge < -0.3 is 9.84 Å². The molecule has 0 saturated carbocycles. The standard InChI is InChI=1S/C15H12N4O3/c1-22-12-8-7-10(9-16-12)14-17-13(15(20)21)18-19(14)11-5-3-2-4-6-11/h2-9H,1H3,(H,20,21). The largest absolute Gasteiger partial charge is 0.481 e. The highest BCUT2D eigenvalue weighted by Crippen LogP contribution is 2.22. The third-order valence-electron chi connectivity index (χ3n) is 3.00. The third-order valence-corrected chi connectivity index (χ3v) is 3.00. The van der Waals surface area contributed by atoms with Crippen molar-refractivity contribution < 1.29 is 14.6 Å². The molecular weight excluding hydrogens is 284 g/mol. The van der Waals surface area contributed by atoms with Crippen LogP contribution in [-0.2, 0) is 0 Å². The summed E-state index contributed by atoms with van der Waals surface area (Å²) in [5, 5.41) is 13.2. The molecule has 0 atom stereocenters. The lowest BCUT2D eigenvalue weighted by Crippen LogP contribution is -2.02. The second-order valence-corrected chi connectivity index (χ2v) is 4.40. The number of carbonyl (C=O) groups is 1. The molecule has 1 aromatic carbocycles. The predicted molar refractivity (Wildman–Crippen MR) is 78.1 cm³/mol. The molecule has 0 unspecified atom stereocenters. The van der Waals surface area contributed by atoms with Gasteiger partial charge in [0.15, 0.2) is 5.82 Å². The molecule has 0 bridgehead atoms. The van der Waals surface area contributed by atoms with Gasteiger partial charge in [0.2, 0.25) is 5.88 Å². The summed E-state index contributed by atoms with van der Waals surface area (Å²) < 4.78 is 6.49. The summed E-state index contributed by atoms with van der Waals surface area (Å²) in [5.41, 5.74) is 1.36. The fourth-order valence-corrected chi connectivity index (χ4v) is 1.97. The van der Waals surface area contributed by atoms with Gasteiger partial charge in [0.05, 0.1) is 12.8 Å². The number of ether oxygens (including phenoxy) is 1. The SMILES string of the molecule is COc1ccc(-c2nc(C(=O)O)nn2-c2ccccc2)cn1. The second kappa shape index (κ2) is 5.65. The number of aromatic carboxylic acids is 1. The number of rotatable bonds is 4. The van der Waals surface area contributed by atoms with Crippen LogP contribution in [0.1, 0.15) is 10.6 Å². The van der Waals surface area contributed by atoms with Crippen molar-refractivity contribution >= 4 is 5.97 Å². The van der Waals surface area contributed by atoms with Crippen LogP contribution in [-0.4, -0.2) is 37.9 Å². The maximum Gasteiger partial charge on any atom is 0.375 e. The van der Waals surface area contributed by atoms with Gasteiger partial charge in [-0.2, -0.15) is 0 Å². The van der Waals surface area contributed by atoms with Crippen molar-refractivity contribution in [1.82, 2.24) is 19.7 Å². The van der Waals surface area contributed by atoms with E-state index in [4.69, 9.17) is 9.84 Å². The molecule has 0 saturated heterocycles. The van der Waals surface area contributed by atoms with E-state index in [0.29, 0.717) is 23.0 Å². The average molecular weight is 296 g/mol. The molecule has 0 spiro atoms. The number of carboxylic acid groups (broad SMARTS) is 1. The van der Waals surface area contributed by atoms with E-state index in [1.807, 2.05) is 30.3 Å². The van der Waals surface area contributed by atoms with Crippen LogP contribution in [0.25, 0.3) is 17.1 Å². The number of aromatic nitrogens is 4. The molecule has 3 aromatic rings. The van der Waals surface area contributed by atoms with Crippen molar-refractivity contribution in [2.75, 3.05) is 7.11 Å². The molecule has 2 aromatic heterocycles. The van der Waals surface area contributed by atoms with Gasteiger partial charge in [0.25, 0.3) is 5.82 Å². The number of methoxy groups -OCH3 is 1. The van der Waals surface area contributed by atoms with Crippen LogP contribution in [0.5, 0.6) is 5.88 Å². The highest BCUT2D eigenvalue weighted by atomic mass is 16.5. The molecule has 22 heavy (non-hydrogen) atoms. The van der Waals surface area contributed by atoms with Crippen molar-refractivity contribution in [2.24, 2.45) is 0 Å². The van der Waals surface area contributed by atoms with Crippen molar-refractivity contribution in [3.05, 3.63) is 54.5 Å². The fourth-order valence-electron chi connectivity index (χ4n) is 1.97. The van der Waals surface area contributed by atoms with Gasteiger partial charge in [0, 0.05) is 17.8 Å². The lowest BCUT2D eigenvalue weighted by atomic mass is 10.2. The Bertz CT molecular complexity index is 797. The normalized spacial score (nSPS) is 10.4. The molecule has 0 radical (unpaired) electrons. The first-order chi connectivity index (χ1) is 10.7. The Morgan fingerprint density at radius 2 is 1.95 bits per heavy atom. The number of carboxylic acids is 1. The van der Waals surface area contributed by atoms with E-state index in [2.05, 4.69) is 15.1 Å². The summed E-state index contributed by atoms with van der Waals surface area (Å²) in [6, 6.07) is 12.6. The Labute approximate surface area is 125 Å². The third kappa shape index (κ3) is 2.51. The summed E-state index contributed by atoms with van der Waals surface area (Å²) in [5.74, 6) is -0.584. The summed E-state index contributed by atoms with van der Waals surface area (Å²) >= 11 is 0. The Morgan fingerprint density at radius 1 is 1.18 bits per heavy atom. The summed E-state index contributed by atoms with van der Waals surface area (Å²) in [7, 11) is 1.52. The van der Waals surface area contributed by atoms with Crippen molar-refractivity contribution in [1.29, 1.82) is 0 Å². The topological polar surface area (TPSA) is 90.1 Å². The minimum atomic E-state index is -1.18. The number of hydrogen-bond donors (Lipinski definition) is 1. The fraction of sp³-hybridized carbons (Fsp3) is 0.0667. The van der Waals surface area contributed by atoms with Gasteiger partial charge >= 0.3 is 5.97 Å². The molecule has 1 N–H and O–H groups in total. The highest BCUT2D eigenvalue weighted by molar-refractivity contribution is 5.84. The van der Waals surface area contributed by atoms with E-state index in [9.17, 15) is 4.79 Å². The summed E-state index contributed by atoms with van der Waals surface area (Å²) in [4.78, 5) is 19.4. The number of benzene rings is 1. The lowest BCUT2D eigenvalue weighted by molar-refractivity contribution is 0.0683. The molecule has 2 heterocycles. The highest BCUT2D eigenvalue weighted by Gasteiger charge is 2.18. The van der Waals surface area contributed by atoms with E-state index in [0.717, 1.165) is 0 Å². The van der Waals surface area contributed by atoms with Crippen LogP contribution in [0, 0.1) is 0 Å². The van der Waals surface area contributed by atoms with Gasteiger partial charge in [0.1, 0.15) is 0 Å². The maximum atomic E-state index is 11.2. The number of pyridine rings is 1. The van der Waals surface area contributed by atoms with Crippen molar-refractivity contribution in [3.8, 4) is 23.0 Å². The molecule has 7 heteroatoms. The van der Waals surface area contributed by atoms with E-state index in [-0.39, 0.29) is 5.82 Å². The average Bonchev–Trinajstić information content (AvgIpc) is 3.01. The van der Waals surface area contributed by atoms with Crippen LogP contribution in [0.15, 0.2) is 48.7 Å². The molecule has 0 amide bonds. The van der Waals surface area contributed by atoms with Gasteiger partial charge in [-0.3, -0.25) is 0 Å². The van der Waals surface area contributed by atoms with Crippen molar-refractivity contribution in [2.45, 2.75) is 0 Å². The molecule has 0 aliphatic rings. The minimum Gasteiger partial charge on any atom is -0.481 e. The molecular formula is C15H12N4O3. The van der Waals surface area contributed by atoms with Crippen LogP contribution in [0.4, 0.5) is 0 Å². The molecule has 7 nitrogen and oxygen atoms in total. The Hall–Kier alpha value is -3.22. The lowest BCUT2D eigenvalue weighted by Gasteiger charge is -2.05. The second-order valence-electron chi connectivity index (χ2n) is 4.40. The monoisotopic (exact) mass is 296 g/mol. The van der Waals surface area contributed by atoms with Crippen LogP contribution < -0.4 is 4.74 Å². The number of nitrogens with zero attached hydrogens (tertiary/aromatic N) is 4. The van der Waals surface area contributed by atoms with Gasteiger partial charge in [-0.1, -0.05) is 18.2 Å². The smallest absolute Gasteiger partial charge is 0.375 e. The predicted octanol–water partition coefficient (Wildman–Crippen LogP) is 2.04. The molecule has 0 aliphatic heterocycles.